The van der Waals surface area contributed by atoms with E-state index in [1.165, 1.54) is 18.2 Å². The first-order valence-electron chi connectivity index (χ1n) is 13.8. The molecule has 0 spiro atoms. The number of halogens is 3. The molecule has 214 valence electrons. The van der Waals surface area contributed by atoms with E-state index in [0.717, 1.165) is 37.2 Å². The number of nitrogens with two attached hydrogens (primary N) is 1. The second-order valence-electron chi connectivity index (χ2n) is 10.8. The Kier molecular flexibility index (Phi) is 7.81. The van der Waals surface area contributed by atoms with Gasteiger partial charge in [0.2, 0.25) is 0 Å². The van der Waals surface area contributed by atoms with Gasteiger partial charge in [-0.2, -0.15) is 9.97 Å². The number of hydrogen-bond acceptors (Lipinski definition) is 5. The monoisotopic (exact) mass is 587 g/mol. The maximum absolute atomic E-state index is 14.8. The van der Waals surface area contributed by atoms with Gasteiger partial charge in [-0.25, -0.2) is 14.1 Å². The molecule has 2 N–H and O–H groups in total. The third kappa shape index (κ3) is 5.55. The van der Waals surface area contributed by atoms with Crippen LogP contribution in [0.3, 0.4) is 0 Å². The lowest BCUT2D eigenvalue weighted by molar-refractivity contribution is -0.487. The average Bonchev–Trinajstić information content (AvgIpc) is 3.14. The summed E-state index contributed by atoms with van der Waals surface area (Å²) in [5.41, 5.74) is 3.95. The van der Waals surface area contributed by atoms with Crippen molar-refractivity contribution in [1.82, 2.24) is 19.8 Å². The van der Waals surface area contributed by atoms with Crippen LogP contribution in [0.2, 0.25) is 5.02 Å². The van der Waals surface area contributed by atoms with Crippen molar-refractivity contribution >= 4 is 34.9 Å². The highest BCUT2D eigenvalue weighted by molar-refractivity contribution is 6.31. The van der Waals surface area contributed by atoms with Crippen molar-refractivity contribution in [1.29, 1.82) is 0 Å². The van der Waals surface area contributed by atoms with E-state index in [-0.39, 0.29) is 23.7 Å². The van der Waals surface area contributed by atoms with Crippen LogP contribution in [0, 0.1) is 11.6 Å². The van der Waals surface area contributed by atoms with Gasteiger partial charge in [-0.15, -0.1) is 0 Å². The van der Waals surface area contributed by atoms with E-state index in [4.69, 9.17) is 16.6 Å². The van der Waals surface area contributed by atoms with Gasteiger partial charge in [0.15, 0.2) is 0 Å². The Hall–Kier alpha value is -4.05. The number of fused-ring (bicyclic) bond motifs is 3. The molecule has 0 aliphatic carbocycles. The average molecular weight is 588 g/mol. The van der Waals surface area contributed by atoms with E-state index in [0.29, 0.717) is 39.4 Å². The van der Waals surface area contributed by atoms with Crippen molar-refractivity contribution in [2.75, 3.05) is 27.2 Å². The molecule has 42 heavy (non-hydrogen) atoms. The van der Waals surface area contributed by atoms with E-state index in [9.17, 15) is 13.6 Å². The highest BCUT2D eigenvalue weighted by Crippen LogP contribution is 2.34. The lowest BCUT2D eigenvalue weighted by atomic mass is 9.95. The SMILES string of the molecule is CN(C)C1CCN(C(=O)c2ccc([NH2+]c3ncc4c(n3)-c3ccc(Cl)cc3C(c3c(F)cccc3F)=NC4)cc2)CC1. The fourth-order valence-electron chi connectivity index (χ4n) is 5.58. The number of carbonyl (C=O) groups excluding carboxylic acids is 1. The van der Waals surface area contributed by atoms with Crippen molar-refractivity contribution < 1.29 is 18.9 Å². The molecule has 1 saturated heterocycles. The number of carbonyl (C=O) groups is 1. The third-order valence-electron chi connectivity index (χ3n) is 7.92. The number of nitrogens with zero attached hydrogens (tertiary/aromatic N) is 5. The Bertz CT molecular complexity index is 1660. The normalized spacial score (nSPS) is 15.2. The number of hydrogen-bond donors (Lipinski definition) is 1. The van der Waals surface area contributed by atoms with E-state index < -0.39 is 11.6 Å². The summed E-state index contributed by atoms with van der Waals surface area (Å²) in [7, 11) is 4.16. The minimum atomic E-state index is -0.703. The molecule has 0 atom stereocenters. The number of likely N-dealkylation sites (tertiary alicyclic amines) is 1. The second kappa shape index (κ2) is 11.7. The summed E-state index contributed by atoms with van der Waals surface area (Å²) in [4.78, 5) is 31.1. The Labute approximate surface area is 247 Å². The summed E-state index contributed by atoms with van der Waals surface area (Å²) in [6.45, 7) is 1.65. The minimum Gasteiger partial charge on any atom is -0.339 e. The minimum absolute atomic E-state index is 0.0393. The lowest BCUT2D eigenvalue weighted by Crippen LogP contribution is -2.72. The van der Waals surface area contributed by atoms with Crippen LogP contribution < -0.4 is 5.32 Å². The molecule has 3 aromatic carbocycles. The van der Waals surface area contributed by atoms with Gasteiger partial charge < -0.3 is 9.80 Å². The van der Waals surface area contributed by atoms with E-state index >= 15 is 0 Å². The first-order valence-corrected chi connectivity index (χ1v) is 14.2. The van der Waals surface area contributed by atoms with Crippen molar-refractivity contribution in [3.63, 3.8) is 0 Å². The van der Waals surface area contributed by atoms with Gasteiger partial charge in [0.1, 0.15) is 17.3 Å². The van der Waals surface area contributed by atoms with Crippen LogP contribution in [0.15, 0.2) is 71.9 Å². The smallest absolute Gasteiger partial charge is 0.331 e. The van der Waals surface area contributed by atoms with Crippen molar-refractivity contribution in [2.24, 2.45) is 4.99 Å². The Morgan fingerprint density at radius 1 is 1.00 bits per heavy atom. The molecule has 10 heteroatoms. The highest BCUT2D eigenvalue weighted by Gasteiger charge is 2.27. The largest absolute Gasteiger partial charge is 0.339 e. The summed E-state index contributed by atoms with van der Waals surface area (Å²) in [5, 5.41) is 2.25. The standard InChI is InChI=1S/C32H29ClF2N6O/c1-40(2)23-12-14-41(15-13-23)31(42)19-6-9-22(10-7-19)38-32-37-18-20-17-36-30(28-26(34)4-3-5-27(28)35)25-16-21(33)8-11-24(25)29(20)39-32/h3-11,16,18,23H,12-15,17H2,1-2H3,(H,37,38,39)/p+1. The van der Waals surface area contributed by atoms with E-state index in [2.05, 4.69) is 29.0 Å². The van der Waals surface area contributed by atoms with Crippen LogP contribution in [0.1, 0.15) is 39.9 Å². The van der Waals surface area contributed by atoms with Crippen LogP contribution in [0.5, 0.6) is 0 Å². The summed E-state index contributed by atoms with van der Waals surface area (Å²) in [5.74, 6) is -0.908. The van der Waals surface area contributed by atoms with Gasteiger partial charge >= 0.3 is 5.95 Å². The second-order valence-corrected chi connectivity index (χ2v) is 11.2. The first kappa shape index (κ1) is 28.1. The highest BCUT2D eigenvalue weighted by atomic mass is 35.5. The molecule has 0 saturated carbocycles. The fraction of sp³-hybridized carbons (Fsp3) is 0.250. The van der Waals surface area contributed by atoms with Crippen molar-refractivity contribution in [3.05, 3.63) is 106 Å². The number of rotatable bonds is 5. The quantitative estimate of drug-likeness (QED) is 0.329. The molecule has 0 unspecified atom stereocenters. The molecule has 1 amide bonds. The van der Waals surface area contributed by atoms with E-state index in [1.807, 2.05) is 34.5 Å². The van der Waals surface area contributed by atoms with Crippen molar-refractivity contribution in [2.45, 2.75) is 25.4 Å². The molecule has 3 heterocycles. The van der Waals surface area contributed by atoms with Gasteiger partial charge in [-0.05, 0) is 63.3 Å². The third-order valence-corrected chi connectivity index (χ3v) is 8.15. The topological polar surface area (TPSA) is 78.3 Å². The van der Waals surface area contributed by atoms with Crippen molar-refractivity contribution in [3.8, 4) is 11.3 Å². The molecular formula is C32H30ClF2N6O+. The van der Waals surface area contributed by atoms with Gasteiger partial charge in [0.05, 0.1) is 23.5 Å². The predicted molar refractivity (Wildman–Crippen MR) is 158 cm³/mol. The first-order chi connectivity index (χ1) is 20.3. The van der Waals surface area contributed by atoms with Gasteiger partial charge in [-0.1, -0.05) is 23.7 Å². The van der Waals surface area contributed by atoms with Crippen LogP contribution in [-0.2, 0) is 6.54 Å². The van der Waals surface area contributed by atoms with Crippen LogP contribution in [0.4, 0.5) is 20.4 Å². The summed E-state index contributed by atoms with van der Waals surface area (Å²) < 4.78 is 29.6. The van der Waals surface area contributed by atoms with Crippen LogP contribution in [0.25, 0.3) is 11.3 Å². The molecular weight excluding hydrogens is 558 g/mol. The maximum atomic E-state index is 14.8. The van der Waals surface area contributed by atoms with Gasteiger partial charge in [0, 0.05) is 64.7 Å². The number of aromatic nitrogens is 2. The fourth-order valence-corrected chi connectivity index (χ4v) is 5.76. The van der Waals surface area contributed by atoms with E-state index in [1.54, 1.807) is 24.4 Å². The van der Waals surface area contributed by atoms with Gasteiger partial charge in [-0.3, -0.25) is 9.79 Å². The lowest BCUT2D eigenvalue weighted by Gasteiger charge is -2.35. The van der Waals surface area contributed by atoms with Gasteiger partial charge in [0.25, 0.3) is 5.91 Å². The molecule has 7 nitrogen and oxygen atoms in total. The zero-order valence-electron chi connectivity index (χ0n) is 23.3. The summed E-state index contributed by atoms with van der Waals surface area (Å²) >= 11 is 6.32. The molecule has 6 rings (SSSR count). The maximum Gasteiger partial charge on any atom is 0.331 e. The molecule has 0 radical (unpaired) electrons. The molecule has 2 aliphatic heterocycles. The number of quaternary nitrogens is 1. The zero-order valence-corrected chi connectivity index (χ0v) is 24.1. The number of benzene rings is 3. The zero-order chi connectivity index (χ0) is 29.4. The number of piperidine rings is 1. The number of aliphatic imine (C=N–C) groups is 1. The summed E-state index contributed by atoms with van der Waals surface area (Å²) in [6, 6.07) is 16.8. The molecule has 2 aliphatic rings. The Balaban J connectivity index is 1.25. The molecule has 0 bridgehead atoms. The predicted octanol–water partition coefficient (Wildman–Crippen LogP) is 5.12. The Morgan fingerprint density at radius 3 is 2.40 bits per heavy atom. The number of amides is 1. The molecule has 1 aromatic heterocycles. The molecule has 4 aromatic rings. The summed E-state index contributed by atoms with van der Waals surface area (Å²) in [6.07, 6.45) is 3.63. The molecule has 1 fully saturated rings. The van der Waals surface area contributed by atoms with Crippen LogP contribution >= 0.6 is 11.6 Å². The Morgan fingerprint density at radius 2 is 1.71 bits per heavy atom. The van der Waals surface area contributed by atoms with Crippen LogP contribution in [-0.4, -0.2) is 64.6 Å².